The second kappa shape index (κ2) is 5.34. The van der Waals surface area contributed by atoms with Gasteiger partial charge in [-0.15, -0.1) is 0 Å². The fourth-order valence-electron chi connectivity index (χ4n) is 1.92. The fourth-order valence-corrected chi connectivity index (χ4v) is 3.32. The van der Waals surface area contributed by atoms with Crippen molar-refractivity contribution in [1.82, 2.24) is 4.72 Å². The van der Waals surface area contributed by atoms with Crippen LogP contribution in [-0.4, -0.2) is 8.42 Å². The van der Waals surface area contributed by atoms with Crippen LogP contribution in [0.15, 0.2) is 59.5 Å². The smallest absolute Gasteiger partial charge is 0.207 e. The van der Waals surface area contributed by atoms with Gasteiger partial charge in [-0.2, -0.15) is 0 Å². The van der Waals surface area contributed by atoms with E-state index in [1.165, 1.54) is 12.1 Å². The highest BCUT2D eigenvalue weighted by molar-refractivity contribution is 7.89. The molecule has 0 fully saturated rings. The topological polar surface area (TPSA) is 46.2 Å². The highest BCUT2D eigenvalue weighted by atomic mass is 32.2. The maximum atomic E-state index is 12.9. The van der Waals surface area contributed by atoms with E-state index in [-0.39, 0.29) is 4.90 Å². The van der Waals surface area contributed by atoms with Crippen molar-refractivity contribution < 1.29 is 12.8 Å². The highest BCUT2D eigenvalue weighted by Gasteiger charge is 2.27. The third-order valence-corrected chi connectivity index (χ3v) is 4.68. The molecule has 0 heterocycles. The lowest BCUT2D eigenvalue weighted by Gasteiger charge is -2.26. The average Bonchev–Trinajstić information content (AvgIpc) is 2.39. The Balaban J connectivity index is 2.30. The van der Waals surface area contributed by atoms with Gasteiger partial charge in [0.2, 0.25) is 10.0 Å². The van der Waals surface area contributed by atoms with Crippen LogP contribution in [0.2, 0.25) is 0 Å². The van der Waals surface area contributed by atoms with Gasteiger partial charge in [0, 0.05) is 0 Å². The van der Waals surface area contributed by atoms with Crippen LogP contribution in [0.3, 0.4) is 0 Å². The lowest BCUT2D eigenvalue weighted by atomic mass is 9.96. The molecule has 0 amide bonds. The van der Waals surface area contributed by atoms with Gasteiger partial charge in [-0.3, -0.25) is 0 Å². The Morgan fingerprint density at radius 2 is 1.50 bits per heavy atom. The van der Waals surface area contributed by atoms with Gasteiger partial charge >= 0.3 is 0 Å². The molecule has 0 aliphatic heterocycles. The second-order valence-corrected chi connectivity index (χ2v) is 6.73. The SMILES string of the molecule is CC(C)(NS(=O)(=O)c1ccc(F)cc1)c1ccccc1. The van der Waals surface area contributed by atoms with Crippen molar-refractivity contribution in [3.8, 4) is 0 Å². The predicted molar refractivity (Wildman–Crippen MR) is 76.2 cm³/mol. The summed E-state index contributed by atoms with van der Waals surface area (Å²) < 4.78 is 40.1. The largest absolute Gasteiger partial charge is 0.241 e. The summed E-state index contributed by atoms with van der Waals surface area (Å²) in [6.07, 6.45) is 0. The second-order valence-electron chi connectivity index (χ2n) is 5.05. The van der Waals surface area contributed by atoms with Gasteiger partial charge in [0.25, 0.3) is 0 Å². The molecule has 0 saturated heterocycles. The van der Waals surface area contributed by atoms with E-state index in [1.807, 2.05) is 30.3 Å². The Kier molecular flexibility index (Phi) is 3.92. The molecule has 106 valence electrons. The minimum absolute atomic E-state index is 0.0444. The summed E-state index contributed by atoms with van der Waals surface area (Å²) in [6.45, 7) is 3.56. The molecule has 5 heteroatoms. The average molecular weight is 293 g/mol. The Morgan fingerprint density at radius 1 is 0.950 bits per heavy atom. The molecule has 0 aliphatic rings. The molecule has 2 aromatic rings. The monoisotopic (exact) mass is 293 g/mol. The molecule has 0 atom stereocenters. The Morgan fingerprint density at radius 3 is 2.05 bits per heavy atom. The number of hydrogen-bond donors (Lipinski definition) is 1. The zero-order valence-electron chi connectivity index (χ0n) is 11.3. The third kappa shape index (κ3) is 3.23. The van der Waals surface area contributed by atoms with Crippen LogP contribution in [0, 0.1) is 5.82 Å². The third-order valence-electron chi connectivity index (χ3n) is 3.01. The van der Waals surface area contributed by atoms with Gasteiger partial charge in [-0.25, -0.2) is 17.5 Å². The Bertz CT molecular complexity index is 680. The van der Waals surface area contributed by atoms with Crippen molar-refractivity contribution >= 4 is 10.0 Å². The van der Waals surface area contributed by atoms with E-state index >= 15 is 0 Å². The van der Waals surface area contributed by atoms with Gasteiger partial charge in [-0.1, -0.05) is 30.3 Å². The normalized spacial score (nSPS) is 12.3. The van der Waals surface area contributed by atoms with Crippen molar-refractivity contribution in [3.63, 3.8) is 0 Å². The number of sulfonamides is 1. The molecule has 0 aromatic heterocycles. The van der Waals surface area contributed by atoms with Gasteiger partial charge in [0.1, 0.15) is 5.82 Å². The van der Waals surface area contributed by atoms with Gasteiger partial charge in [0.15, 0.2) is 0 Å². The van der Waals surface area contributed by atoms with Crippen molar-refractivity contribution in [2.45, 2.75) is 24.3 Å². The maximum absolute atomic E-state index is 12.9. The highest BCUT2D eigenvalue weighted by Crippen LogP contribution is 2.22. The lowest BCUT2D eigenvalue weighted by Crippen LogP contribution is -2.40. The van der Waals surface area contributed by atoms with Crippen LogP contribution in [0.25, 0.3) is 0 Å². The van der Waals surface area contributed by atoms with E-state index < -0.39 is 21.4 Å². The summed E-state index contributed by atoms with van der Waals surface area (Å²) in [6, 6.07) is 14.0. The molecule has 3 nitrogen and oxygen atoms in total. The first-order chi connectivity index (χ1) is 9.31. The molecule has 20 heavy (non-hydrogen) atoms. The first-order valence-electron chi connectivity index (χ1n) is 6.16. The molecule has 0 unspecified atom stereocenters. The summed E-state index contributed by atoms with van der Waals surface area (Å²) >= 11 is 0. The molecule has 0 radical (unpaired) electrons. The van der Waals surface area contributed by atoms with E-state index in [1.54, 1.807) is 13.8 Å². The fraction of sp³-hybridized carbons (Fsp3) is 0.200. The van der Waals surface area contributed by atoms with Crippen LogP contribution < -0.4 is 4.72 Å². The summed E-state index contributed by atoms with van der Waals surface area (Å²) in [7, 11) is -3.70. The minimum Gasteiger partial charge on any atom is -0.207 e. The Hall–Kier alpha value is -1.72. The van der Waals surface area contributed by atoms with E-state index in [0.29, 0.717) is 0 Å². The molecule has 0 spiro atoms. The summed E-state index contributed by atoms with van der Waals surface area (Å²) in [5, 5.41) is 0. The van der Waals surface area contributed by atoms with E-state index in [2.05, 4.69) is 4.72 Å². The van der Waals surface area contributed by atoms with Crippen molar-refractivity contribution in [3.05, 3.63) is 66.0 Å². The molecule has 0 saturated carbocycles. The van der Waals surface area contributed by atoms with E-state index in [0.717, 1.165) is 17.7 Å². The van der Waals surface area contributed by atoms with Crippen LogP contribution in [0.4, 0.5) is 4.39 Å². The van der Waals surface area contributed by atoms with Crippen molar-refractivity contribution in [2.24, 2.45) is 0 Å². The zero-order chi connectivity index (χ0) is 14.8. The number of nitrogens with one attached hydrogen (secondary N) is 1. The van der Waals surface area contributed by atoms with Crippen LogP contribution in [-0.2, 0) is 15.6 Å². The van der Waals surface area contributed by atoms with Gasteiger partial charge < -0.3 is 0 Å². The number of benzene rings is 2. The molecule has 0 aliphatic carbocycles. The quantitative estimate of drug-likeness (QED) is 0.941. The lowest BCUT2D eigenvalue weighted by molar-refractivity contribution is 0.472. The molecular weight excluding hydrogens is 277 g/mol. The summed E-state index contributed by atoms with van der Waals surface area (Å²) in [5.74, 6) is -0.466. The molecule has 0 bridgehead atoms. The first kappa shape index (κ1) is 14.7. The molecule has 2 rings (SSSR count). The van der Waals surface area contributed by atoms with Crippen molar-refractivity contribution in [2.75, 3.05) is 0 Å². The van der Waals surface area contributed by atoms with Crippen LogP contribution in [0.5, 0.6) is 0 Å². The van der Waals surface area contributed by atoms with Gasteiger partial charge in [-0.05, 0) is 43.7 Å². The van der Waals surface area contributed by atoms with Crippen LogP contribution in [0.1, 0.15) is 19.4 Å². The summed E-state index contributed by atoms with van der Waals surface area (Å²) in [5.41, 5.74) is 0.0970. The maximum Gasteiger partial charge on any atom is 0.241 e. The Labute approximate surface area is 118 Å². The molecule has 2 aromatic carbocycles. The number of halogens is 1. The van der Waals surface area contributed by atoms with Gasteiger partial charge in [0.05, 0.1) is 10.4 Å². The molecular formula is C15H16FNO2S. The van der Waals surface area contributed by atoms with E-state index in [4.69, 9.17) is 0 Å². The number of hydrogen-bond acceptors (Lipinski definition) is 2. The summed E-state index contributed by atoms with van der Waals surface area (Å²) in [4.78, 5) is 0.0444. The predicted octanol–water partition coefficient (Wildman–Crippen LogP) is 3.04. The van der Waals surface area contributed by atoms with E-state index in [9.17, 15) is 12.8 Å². The minimum atomic E-state index is -3.70. The van der Waals surface area contributed by atoms with Crippen molar-refractivity contribution in [1.29, 1.82) is 0 Å². The number of rotatable bonds is 4. The molecule has 1 N–H and O–H groups in total. The van der Waals surface area contributed by atoms with Crippen LogP contribution >= 0.6 is 0 Å². The first-order valence-corrected chi connectivity index (χ1v) is 7.65. The standard InChI is InChI=1S/C15H16FNO2S/c1-15(2,12-6-4-3-5-7-12)17-20(18,19)14-10-8-13(16)9-11-14/h3-11,17H,1-2H3. The zero-order valence-corrected chi connectivity index (χ0v) is 12.1.